The minimum Gasteiger partial charge on any atom is -0.378 e. The first-order chi connectivity index (χ1) is 8.08. The van der Waals surface area contributed by atoms with Crippen molar-refractivity contribution in [2.24, 2.45) is 11.7 Å². The maximum atomic E-state index is 13.5. The fourth-order valence-corrected chi connectivity index (χ4v) is 2.28. The Kier molecular flexibility index (Phi) is 3.74. The first kappa shape index (κ1) is 12.5. The number of halogens is 2. The SMILES string of the molecule is CC1CC(C(N)Cc2cccc(F)c2F)CO1. The van der Waals surface area contributed by atoms with Gasteiger partial charge in [-0.3, -0.25) is 0 Å². The third-order valence-electron chi connectivity index (χ3n) is 3.32. The highest BCUT2D eigenvalue weighted by molar-refractivity contribution is 5.20. The van der Waals surface area contributed by atoms with Crippen molar-refractivity contribution in [3.63, 3.8) is 0 Å². The van der Waals surface area contributed by atoms with Crippen molar-refractivity contribution in [2.75, 3.05) is 6.61 Å². The average Bonchev–Trinajstić information content (AvgIpc) is 2.72. The van der Waals surface area contributed by atoms with Crippen LogP contribution in [0.25, 0.3) is 0 Å². The molecule has 2 N–H and O–H groups in total. The van der Waals surface area contributed by atoms with Crippen LogP contribution in [0.4, 0.5) is 8.78 Å². The van der Waals surface area contributed by atoms with E-state index >= 15 is 0 Å². The zero-order chi connectivity index (χ0) is 12.4. The second kappa shape index (κ2) is 5.10. The van der Waals surface area contributed by atoms with Crippen LogP contribution in [0.2, 0.25) is 0 Å². The van der Waals surface area contributed by atoms with Gasteiger partial charge in [0.05, 0.1) is 12.7 Å². The van der Waals surface area contributed by atoms with Crippen LogP contribution in [0.1, 0.15) is 18.9 Å². The summed E-state index contributed by atoms with van der Waals surface area (Å²) in [5.74, 6) is -1.37. The van der Waals surface area contributed by atoms with Gasteiger partial charge < -0.3 is 10.5 Å². The van der Waals surface area contributed by atoms with Gasteiger partial charge in [0.15, 0.2) is 11.6 Å². The van der Waals surface area contributed by atoms with Crippen LogP contribution in [0.5, 0.6) is 0 Å². The molecule has 0 aromatic heterocycles. The lowest BCUT2D eigenvalue weighted by Crippen LogP contribution is -2.33. The fraction of sp³-hybridized carbons (Fsp3) is 0.538. The molecule has 1 fully saturated rings. The molecular weight excluding hydrogens is 224 g/mol. The Morgan fingerprint density at radius 2 is 2.24 bits per heavy atom. The molecule has 94 valence electrons. The van der Waals surface area contributed by atoms with E-state index < -0.39 is 11.6 Å². The van der Waals surface area contributed by atoms with Crippen molar-refractivity contribution in [1.82, 2.24) is 0 Å². The van der Waals surface area contributed by atoms with E-state index in [1.54, 1.807) is 6.07 Å². The van der Waals surface area contributed by atoms with E-state index in [2.05, 4.69) is 0 Å². The van der Waals surface area contributed by atoms with Crippen molar-refractivity contribution in [3.05, 3.63) is 35.4 Å². The van der Waals surface area contributed by atoms with E-state index in [1.807, 2.05) is 6.92 Å². The van der Waals surface area contributed by atoms with Gasteiger partial charge >= 0.3 is 0 Å². The van der Waals surface area contributed by atoms with Crippen LogP contribution in [-0.2, 0) is 11.2 Å². The van der Waals surface area contributed by atoms with Crippen LogP contribution in [0.15, 0.2) is 18.2 Å². The van der Waals surface area contributed by atoms with Gasteiger partial charge in [-0.15, -0.1) is 0 Å². The molecule has 2 nitrogen and oxygen atoms in total. The van der Waals surface area contributed by atoms with Gasteiger partial charge in [-0.1, -0.05) is 12.1 Å². The molecule has 1 aromatic rings. The van der Waals surface area contributed by atoms with E-state index in [9.17, 15) is 8.78 Å². The third kappa shape index (κ3) is 2.82. The second-order valence-corrected chi connectivity index (χ2v) is 4.72. The topological polar surface area (TPSA) is 35.2 Å². The number of ether oxygens (including phenoxy) is 1. The summed E-state index contributed by atoms with van der Waals surface area (Å²) >= 11 is 0. The van der Waals surface area contributed by atoms with Crippen molar-refractivity contribution >= 4 is 0 Å². The zero-order valence-electron chi connectivity index (χ0n) is 9.83. The Hall–Kier alpha value is -1.00. The van der Waals surface area contributed by atoms with Gasteiger partial charge in [0.25, 0.3) is 0 Å². The summed E-state index contributed by atoms with van der Waals surface area (Å²) in [5, 5.41) is 0. The van der Waals surface area contributed by atoms with Crippen LogP contribution in [-0.4, -0.2) is 18.8 Å². The standard InChI is InChI=1S/C13H17F2NO/c1-8-5-10(7-17-8)12(16)6-9-3-2-4-11(14)13(9)15/h2-4,8,10,12H,5-7,16H2,1H3. The van der Waals surface area contributed by atoms with E-state index in [-0.39, 0.29) is 18.1 Å². The predicted octanol–water partition coefficient (Wildman–Crippen LogP) is 2.26. The molecule has 17 heavy (non-hydrogen) atoms. The summed E-state index contributed by atoms with van der Waals surface area (Å²) in [5.41, 5.74) is 6.37. The summed E-state index contributed by atoms with van der Waals surface area (Å²) < 4.78 is 31.9. The van der Waals surface area contributed by atoms with E-state index in [1.165, 1.54) is 6.07 Å². The average molecular weight is 241 g/mol. The maximum absolute atomic E-state index is 13.5. The van der Waals surface area contributed by atoms with Crippen molar-refractivity contribution in [3.8, 4) is 0 Å². The zero-order valence-corrected chi connectivity index (χ0v) is 9.83. The molecule has 4 heteroatoms. The molecule has 0 radical (unpaired) electrons. The lowest BCUT2D eigenvalue weighted by atomic mass is 9.92. The Bertz CT molecular complexity index is 397. The molecule has 1 aliphatic rings. The summed E-state index contributed by atoms with van der Waals surface area (Å²) in [4.78, 5) is 0. The Balaban J connectivity index is 2.03. The van der Waals surface area contributed by atoms with Gasteiger partial charge in [0.2, 0.25) is 0 Å². The first-order valence-electron chi connectivity index (χ1n) is 5.88. The molecular formula is C13H17F2NO. The molecule has 0 spiro atoms. The number of nitrogens with two attached hydrogens (primary N) is 1. The number of hydrogen-bond donors (Lipinski definition) is 1. The summed E-state index contributed by atoms with van der Waals surface area (Å²) in [7, 11) is 0. The normalized spacial score (nSPS) is 26.1. The molecule has 0 saturated carbocycles. The monoisotopic (exact) mass is 241 g/mol. The lowest BCUT2D eigenvalue weighted by Gasteiger charge is -2.18. The molecule has 0 bridgehead atoms. The molecule has 2 rings (SSSR count). The van der Waals surface area contributed by atoms with E-state index in [4.69, 9.17) is 10.5 Å². The highest BCUT2D eigenvalue weighted by Gasteiger charge is 2.28. The molecule has 1 aromatic carbocycles. The quantitative estimate of drug-likeness (QED) is 0.881. The van der Waals surface area contributed by atoms with Crippen LogP contribution in [0, 0.1) is 17.6 Å². The van der Waals surface area contributed by atoms with Crippen molar-refractivity contribution < 1.29 is 13.5 Å². The van der Waals surface area contributed by atoms with Crippen molar-refractivity contribution in [2.45, 2.75) is 31.9 Å². The van der Waals surface area contributed by atoms with Crippen LogP contribution in [0.3, 0.4) is 0 Å². The number of hydrogen-bond acceptors (Lipinski definition) is 2. The number of benzene rings is 1. The molecule has 1 saturated heterocycles. The Morgan fingerprint density at radius 1 is 1.47 bits per heavy atom. The van der Waals surface area contributed by atoms with Gasteiger partial charge in [-0.05, 0) is 31.4 Å². The molecule has 3 unspecified atom stereocenters. The lowest BCUT2D eigenvalue weighted by molar-refractivity contribution is 0.118. The predicted molar refractivity (Wildman–Crippen MR) is 61.6 cm³/mol. The third-order valence-corrected chi connectivity index (χ3v) is 3.32. The minimum atomic E-state index is -0.814. The van der Waals surface area contributed by atoms with Gasteiger partial charge in [-0.25, -0.2) is 8.78 Å². The van der Waals surface area contributed by atoms with Crippen LogP contribution < -0.4 is 5.73 Å². The minimum absolute atomic E-state index is 0.184. The van der Waals surface area contributed by atoms with Gasteiger partial charge in [-0.2, -0.15) is 0 Å². The van der Waals surface area contributed by atoms with Crippen molar-refractivity contribution in [1.29, 1.82) is 0 Å². The Morgan fingerprint density at radius 3 is 2.88 bits per heavy atom. The molecule has 1 heterocycles. The second-order valence-electron chi connectivity index (χ2n) is 4.72. The molecule has 3 atom stereocenters. The van der Waals surface area contributed by atoms with E-state index in [0.29, 0.717) is 18.6 Å². The summed E-state index contributed by atoms with van der Waals surface area (Å²) in [6.45, 7) is 2.61. The number of rotatable bonds is 3. The van der Waals surface area contributed by atoms with Crippen LogP contribution >= 0.6 is 0 Å². The highest BCUT2D eigenvalue weighted by atomic mass is 19.2. The maximum Gasteiger partial charge on any atom is 0.162 e. The Labute approximate surface area is 99.8 Å². The molecule has 0 aliphatic carbocycles. The summed E-state index contributed by atoms with van der Waals surface area (Å²) in [6, 6.07) is 4.02. The highest BCUT2D eigenvalue weighted by Crippen LogP contribution is 2.24. The van der Waals surface area contributed by atoms with E-state index in [0.717, 1.165) is 12.5 Å². The molecule has 1 aliphatic heterocycles. The molecule has 0 amide bonds. The van der Waals surface area contributed by atoms with Gasteiger partial charge in [0.1, 0.15) is 0 Å². The fourth-order valence-electron chi connectivity index (χ4n) is 2.28. The largest absolute Gasteiger partial charge is 0.378 e. The first-order valence-corrected chi connectivity index (χ1v) is 5.88. The smallest absolute Gasteiger partial charge is 0.162 e. The van der Waals surface area contributed by atoms with Gasteiger partial charge in [0, 0.05) is 12.0 Å². The summed E-state index contributed by atoms with van der Waals surface area (Å²) in [6.07, 6.45) is 1.45.